The Balaban J connectivity index is 2.68. The number of rotatable bonds is 3. The van der Waals surface area contributed by atoms with Crippen LogP contribution in [-0.2, 0) is 23.2 Å². The zero-order chi connectivity index (χ0) is 10.6. The third kappa shape index (κ3) is 3.21. The van der Waals surface area contributed by atoms with Crippen molar-refractivity contribution in [3.05, 3.63) is 42.0 Å². The molecule has 0 aromatic rings. The molecule has 0 saturated carbocycles. The van der Waals surface area contributed by atoms with Crippen molar-refractivity contribution < 1.29 is 23.2 Å². The molecule has 0 aliphatic heterocycles. The van der Waals surface area contributed by atoms with Gasteiger partial charge in [-0.05, 0) is 0 Å². The van der Waals surface area contributed by atoms with Gasteiger partial charge in [-0.1, -0.05) is 0 Å². The van der Waals surface area contributed by atoms with E-state index in [-0.39, 0.29) is 0 Å². The quantitative estimate of drug-likeness (QED) is 0.672. The molecule has 74 valence electrons. The van der Waals surface area contributed by atoms with E-state index in [1.807, 2.05) is 0 Å². The molecule has 1 aliphatic rings. The van der Waals surface area contributed by atoms with Gasteiger partial charge in [0, 0.05) is 0 Å². The first-order valence-corrected chi connectivity index (χ1v) is 7.54. The van der Waals surface area contributed by atoms with E-state index >= 15 is 0 Å². The van der Waals surface area contributed by atoms with Crippen LogP contribution in [0.3, 0.4) is 0 Å². The number of hydrogen-bond acceptors (Lipinski definition) is 0. The molecule has 0 atom stereocenters. The Morgan fingerprint density at radius 3 is 2.57 bits per heavy atom. The first-order chi connectivity index (χ1) is 6.65. The van der Waals surface area contributed by atoms with Crippen LogP contribution in [0.2, 0.25) is 0 Å². The van der Waals surface area contributed by atoms with Gasteiger partial charge in [-0.15, -0.1) is 0 Å². The number of hydrogen-bond donors (Lipinski definition) is 0. The van der Waals surface area contributed by atoms with Gasteiger partial charge in [0.05, 0.1) is 0 Å². The third-order valence-corrected chi connectivity index (χ3v) is 6.25. The Kier molecular flexibility index (Phi) is 4.82. The van der Waals surface area contributed by atoms with Gasteiger partial charge in [0.1, 0.15) is 0 Å². The minimum atomic E-state index is -0.437. The van der Waals surface area contributed by atoms with Crippen LogP contribution >= 0.6 is 0 Å². The topological polar surface area (TPSA) is 0 Å². The second-order valence-corrected chi connectivity index (χ2v) is 7.71. The molecule has 0 nitrogen and oxygen atoms in total. The predicted octanol–water partition coefficient (Wildman–Crippen LogP) is 4.17. The summed E-state index contributed by atoms with van der Waals surface area (Å²) in [7, 11) is 0. The van der Waals surface area contributed by atoms with Crippen LogP contribution in [0.15, 0.2) is 42.0 Å². The molecule has 0 heterocycles. The molecule has 1 heteroatoms. The van der Waals surface area contributed by atoms with E-state index in [0.717, 1.165) is 0 Å². The van der Waals surface area contributed by atoms with Crippen LogP contribution in [0.1, 0.15) is 34.1 Å². The summed E-state index contributed by atoms with van der Waals surface area (Å²) in [4.78, 5) is 0. The summed E-state index contributed by atoms with van der Waals surface area (Å²) < 4.78 is 3.37. The Bertz CT molecular complexity index is 327. The van der Waals surface area contributed by atoms with Crippen LogP contribution in [0.4, 0.5) is 0 Å². The van der Waals surface area contributed by atoms with Crippen molar-refractivity contribution in [3.63, 3.8) is 0 Å². The summed E-state index contributed by atoms with van der Waals surface area (Å²) in [6.45, 7) is 8.90. The van der Waals surface area contributed by atoms with Crippen LogP contribution < -0.4 is 0 Å². The normalized spacial score (nSPS) is 18.0. The third-order valence-electron chi connectivity index (χ3n) is 2.71. The second kappa shape index (κ2) is 5.66. The SMILES string of the molecule is CC=C(C)C(C)=[C](C)[Zr][C]1=CC=CC1. The van der Waals surface area contributed by atoms with Gasteiger partial charge in [-0.3, -0.25) is 0 Å². The van der Waals surface area contributed by atoms with Crippen molar-refractivity contribution in [3.8, 4) is 0 Å². The summed E-state index contributed by atoms with van der Waals surface area (Å²) in [6.07, 6.45) is 10.2. The molecule has 0 bridgehead atoms. The summed E-state index contributed by atoms with van der Waals surface area (Å²) in [5.74, 6) is 0. The Morgan fingerprint density at radius 1 is 1.36 bits per heavy atom. The van der Waals surface area contributed by atoms with Crippen LogP contribution in [-0.4, -0.2) is 0 Å². The minimum absolute atomic E-state index is 0.437. The monoisotopic (exact) mass is 264 g/mol. The Morgan fingerprint density at radius 2 is 2.07 bits per heavy atom. The molecule has 0 fully saturated rings. The standard InChI is InChI=1S/C8H13.C5H5.Zr/c1-5-7(3)8(4)6-2;1-2-4-5-3-1;/h5H,1-4H3;1-3H,4H2;. The molecular weight excluding hydrogens is 247 g/mol. The van der Waals surface area contributed by atoms with E-state index in [4.69, 9.17) is 0 Å². The van der Waals surface area contributed by atoms with E-state index in [2.05, 4.69) is 52.0 Å². The summed E-state index contributed by atoms with van der Waals surface area (Å²) in [6, 6.07) is 0. The van der Waals surface area contributed by atoms with Gasteiger partial charge < -0.3 is 0 Å². The van der Waals surface area contributed by atoms with E-state index in [1.165, 1.54) is 17.6 Å². The molecule has 1 aliphatic carbocycles. The Labute approximate surface area is 99.0 Å². The zero-order valence-electron chi connectivity index (χ0n) is 9.52. The van der Waals surface area contributed by atoms with Gasteiger partial charge in [0.15, 0.2) is 0 Å². The number of allylic oxidation sites excluding steroid dienone is 8. The molecule has 0 aromatic carbocycles. The van der Waals surface area contributed by atoms with Gasteiger partial charge in [-0.25, -0.2) is 0 Å². The molecule has 0 spiro atoms. The molecule has 0 radical (unpaired) electrons. The second-order valence-electron chi connectivity index (χ2n) is 3.67. The summed E-state index contributed by atoms with van der Waals surface area (Å²) in [5, 5.41) is 0. The first kappa shape index (κ1) is 11.9. The molecule has 0 unspecified atom stereocenters. The summed E-state index contributed by atoms with van der Waals surface area (Å²) >= 11 is -0.437. The fourth-order valence-electron chi connectivity index (χ4n) is 1.39. The molecule has 0 amide bonds. The van der Waals surface area contributed by atoms with E-state index in [9.17, 15) is 0 Å². The van der Waals surface area contributed by atoms with Crippen molar-refractivity contribution in [1.29, 1.82) is 0 Å². The van der Waals surface area contributed by atoms with E-state index in [1.54, 1.807) is 6.56 Å². The first-order valence-electron chi connectivity index (χ1n) is 5.08. The van der Waals surface area contributed by atoms with Gasteiger partial charge >= 0.3 is 99.4 Å². The van der Waals surface area contributed by atoms with Gasteiger partial charge in [0.2, 0.25) is 0 Å². The van der Waals surface area contributed by atoms with Crippen molar-refractivity contribution in [2.45, 2.75) is 34.1 Å². The maximum atomic E-state index is 2.31. The fourth-order valence-corrected chi connectivity index (χ4v) is 4.50. The van der Waals surface area contributed by atoms with Crippen molar-refractivity contribution >= 4 is 0 Å². The molecular formula is C13H18Zr. The van der Waals surface area contributed by atoms with E-state index < -0.39 is 23.2 Å². The van der Waals surface area contributed by atoms with Gasteiger partial charge in [0.25, 0.3) is 0 Å². The van der Waals surface area contributed by atoms with E-state index in [0.29, 0.717) is 0 Å². The van der Waals surface area contributed by atoms with Gasteiger partial charge in [-0.2, -0.15) is 0 Å². The summed E-state index contributed by atoms with van der Waals surface area (Å²) in [5.41, 5.74) is 2.96. The molecule has 14 heavy (non-hydrogen) atoms. The Hall–Kier alpha value is -0.157. The van der Waals surface area contributed by atoms with Crippen LogP contribution in [0.25, 0.3) is 0 Å². The fraction of sp³-hybridized carbons (Fsp3) is 0.385. The van der Waals surface area contributed by atoms with Crippen molar-refractivity contribution in [1.82, 2.24) is 0 Å². The zero-order valence-corrected chi connectivity index (χ0v) is 12.0. The predicted molar refractivity (Wildman–Crippen MR) is 59.6 cm³/mol. The van der Waals surface area contributed by atoms with Crippen LogP contribution in [0, 0.1) is 0 Å². The van der Waals surface area contributed by atoms with Crippen molar-refractivity contribution in [2.24, 2.45) is 0 Å². The maximum absolute atomic E-state index is 2.31. The van der Waals surface area contributed by atoms with Crippen LogP contribution in [0.5, 0.6) is 0 Å². The molecule has 0 saturated heterocycles. The molecule has 1 rings (SSSR count). The molecule has 0 aromatic heterocycles. The molecule has 0 N–H and O–H groups in total. The van der Waals surface area contributed by atoms with Crippen molar-refractivity contribution in [2.75, 3.05) is 0 Å². The average Bonchev–Trinajstić information content (AvgIpc) is 2.68. The average molecular weight is 266 g/mol.